The van der Waals surface area contributed by atoms with Gasteiger partial charge in [-0.05, 0) is 6.92 Å². The van der Waals surface area contributed by atoms with Crippen LogP contribution in [0.3, 0.4) is 0 Å². The fraction of sp³-hybridized carbons (Fsp3) is 0.647. The number of aromatic nitrogens is 5. The molecule has 142 valence electrons. The van der Waals surface area contributed by atoms with E-state index in [0.29, 0.717) is 5.95 Å². The summed E-state index contributed by atoms with van der Waals surface area (Å²) in [6, 6.07) is 0. The molecule has 2 aromatic heterocycles. The standard InChI is InChI=1S/C17H29N9/c1-11(2)14-19-16(23(4)5)21-17(20-14)26-9-7-25(8-10-26)15-13(18)12(3)22-24(15)6/h11H,7-10,18H2,1-6H3. The van der Waals surface area contributed by atoms with E-state index < -0.39 is 0 Å². The van der Waals surface area contributed by atoms with Crippen molar-refractivity contribution in [2.75, 3.05) is 60.7 Å². The molecular formula is C17H29N9. The van der Waals surface area contributed by atoms with Gasteiger partial charge in [-0.1, -0.05) is 13.8 Å². The van der Waals surface area contributed by atoms with Crippen molar-refractivity contribution in [3.63, 3.8) is 0 Å². The third kappa shape index (κ3) is 3.38. The maximum atomic E-state index is 6.21. The second kappa shape index (κ2) is 6.97. The molecule has 1 saturated heterocycles. The predicted molar refractivity (Wildman–Crippen MR) is 105 cm³/mol. The summed E-state index contributed by atoms with van der Waals surface area (Å²) in [4.78, 5) is 20.3. The highest BCUT2D eigenvalue weighted by Gasteiger charge is 2.25. The number of nitrogens with two attached hydrogens (primary N) is 1. The second-order valence-corrected chi connectivity index (χ2v) is 7.26. The van der Waals surface area contributed by atoms with Gasteiger partial charge in [0.1, 0.15) is 5.82 Å². The number of aryl methyl sites for hydroxylation is 2. The van der Waals surface area contributed by atoms with Gasteiger partial charge in [0.25, 0.3) is 0 Å². The van der Waals surface area contributed by atoms with Crippen LogP contribution in [0.2, 0.25) is 0 Å². The number of rotatable bonds is 4. The van der Waals surface area contributed by atoms with Crippen LogP contribution in [0.25, 0.3) is 0 Å². The highest BCUT2D eigenvalue weighted by Crippen LogP contribution is 2.27. The molecule has 0 spiro atoms. The fourth-order valence-corrected chi connectivity index (χ4v) is 3.12. The van der Waals surface area contributed by atoms with Crippen molar-refractivity contribution in [1.29, 1.82) is 0 Å². The van der Waals surface area contributed by atoms with Crippen LogP contribution >= 0.6 is 0 Å². The van der Waals surface area contributed by atoms with Crippen LogP contribution in [0.5, 0.6) is 0 Å². The van der Waals surface area contributed by atoms with Crippen molar-refractivity contribution < 1.29 is 0 Å². The molecule has 0 aromatic carbocycles. The number of nitrogens with zero attached hydrogens (tertiary/aromatic N) is 8. The molecule has 2 aromatic rings. The molecule has 1 aliphatic heterocycles. The first-order chi connectivity index (χ1) is 12.3. The van der Waals surface area contributed by atoms with Crippen LogP contribution < -0.4 is 20.4 Å². The van der Waals surface area contributed by atoms with E-state index in [-0.39, 0.29) is 5.92 Å². The van der Waals surface area contributed by atoms with Crippen molar-refractivity contribution in [2.45, 2.75) is 26.7 Å². The Morgan fingerprint density at radius 1 is 1.00 bits per heavy atom. The summed E-state index contributed by atoms with van der Waals surface area (Å²) in [5.41, 5.74) is 7.85. The lowest BCUT2D eigenvalue weighted by Gasteiger charge is -2.36. The lowest BCUT2D eigenvalue weighted by atomic mass is 10.2. The molecular weight excluding hydrogens is 330 g/mol. The van der Waals surface area contributed by atoms with E-state index in [1.54, 1.807) is 0 Å². The fourth-order valence-electron chi connectivity index (χ4n) is 3.12. The average Bonchev–Trinajstić information content (AvgIpc) is 2.86. The summed E-state index contributed by atoms with van der Waals surface area (Å²) >= 11 is 0. The van der Waals surface area contributed by atoms with Crippen LogP contribution in [0.15, 0.2) is 0 Å². The van der Waals surface area contributed by atoms with Crippen molar-refractivity contribution >= 4 is 23.4 Å². The zero-order valence-corrected chi connectivity index (χ0v) is 16.6. The first-order valence-corrected chi connectivity index (χ1v) is 9.00. The highest BCUT2D eigenvalue weighted by atomic mass is 15.4. The van der Waals surface area contributed by atoms with Crippen molar-refractivity contribution in [3.05, 3.63) is 11.5 Å². The maximum Gasteiger partial charge on any atom is 0.230 e. The van der Waals surface area contributed by atoms with E-state index in [1.807, 2.05) is 37.6 Å². The Balaban J connectivity index is 1.79. The Hall–Kier alpha value is -2.58. The van der Waals surface area contributed by atoms with E-state index in [4.69, 9.17) is 10.7 Å². The predicted octanol–water partition coefficient (Wildman–Crippen LogP) is 1.01. The molecule has 26 heavy (non-hydrogen) atoms. The summed E-state index contributed by atoms with van der Waals surface area (Å²) in [5.74, 6) is 3.53. The van der Waals surface area contributed by atoms with E-state index >= 15 is 0 Å². The first-order valence-electron chi connectivity index (χ1n) is 9.00. The number of hydrogen-bond donors (Lipinski definition) is 1. The van der Waals surface area contributed by atoms with Gasteiger partial charge in [-0.3, -0.25) is 4.68 Å². The molecule has 1 fully saturated rings. The Kier molecular flexibility index (Phi) is 4.88. The molecule has 0 aliphatic carbocycles. The largest absolute Gasteiger partial charge is 0.394 e. The van der Waals surface area contributed by atoms with E-state index in [0.717, 1.165) is 55.2 Å². The molecule has 1 aliphatic rings. The quantitative estimate of drug-likeness (QED) is 0.865. The van der Waals surface area contributed by atoms with Gasteiger partial charge in [-0.2, -0.15) is 20.1 Å². The van der Waals surface area contributed by atoms with E-state index in [9.17, 15) is 0 Å². The van der Waals surface area contributed by atoms with Crippen LogP contribution in [0, 0.1) is 6.92 Å². The number of nitrogen functional groups attached to an aromatic ring is 1. The minimum Gasteiger partial charge on any atom is -0.394 e. The molecule has 3 rings (SSSR count). The van der Waals surface area contributed by atoms with Crippen LogP contribution in [-0.4, -0.2) is 65.0 Å². The van der Waals surface area contributed by atoms with Gasteiger partial charge in [-0.15, -0.1) is 0 Å². The second-order valence-electron chi connectivity index (χ2n) is 7.26. The molecule has 2 N–H and O–H groups in total. The van der Waals surface area contributed by atoms with E-state index in [1.165, 1.54) is 0 Å². The monoisotopic (exact) mass is 359 g/mol. The molecule has 0 saturated carbocycles. The minimum absolute atomic E-state index is 0.258. The smallest absolute Gasteiger partial charge is 0.230 e. The van der Waals surface area contributed by atoms with Crippen molar-refractivity contribution in [1.82, 2.24) is 24.7 Å². The summed E-state index contributed by atoms with van der Waals surface area (Å²) in [6.07, 6.45) is 0. The first kappa shape index (κ1) is 18.2. The SMILES string of the molecule is Cc1nn(C)c(N2CCN(c3nc(C(C)C)nc(N(C)C)n3)CC2)c1N. The van der Waals surface area contributed by atoms with Crippen molar-refractivity contribution in [3.8, 4) is 0 Å². The van der Waals surface area contributed by atoms with Gasteiger partial charge in [-0.25, -0.2) is 0 Å². The van der Waals surface area contributed by atoms with Gasteiger partial charge in [0.2, 0.25) is 11.9 Å². The molecule has 0 amide bonds. The third-order valence-corrected chi connectivity index (χ3v) is 4.64. The normalized spacial score (nSPS) is 15.0. The van der Waals surface area contributed by atoms with Gasteiger partial charge < -0.3 is 20.4 Å². The lowest BCUT2D eigenvalue weighted by molar-refractivity contribution is 0.609. The highest BCUT2D eigenvalue weighted by molar-refractivity contribution is 5.66. The molecule has 9 heteroatoms. The molecule has 0 bridgehead atoms. The maximum absolute atomic E-state index is 6.21. The van der Waals surface area contributed by atoms with Crippen LogP contribution in [0.1, 0.15) is 31.3 Å². The molecule has 0 radical (unpaired) electrons. The Bertz CT molecular complexity index is 747. The van der Waals surface area contributed by atoms with Gasteiger partial charge in [0, 0.05) is 53.2 Å². The summed E-state index contributed by atoms with van der Waals surface area (Å²) in [6.45, 7) is 9.51. The van der Waals surface area contributed by atoms with Gasteiger partial charge in [0.05, 0.1) is 11.4 Å². The lowest BCUT2D eigenvalue weighted by Crippen LogP contribution is -2.48. The topological polar surface area (TPSA) is 92.2 Å². The zero-order chi connectivity index (χ0) is 19.0. The summed E-state index contributed by atoms with van der Waals surface area (Å²) < 4.78 is 1.87. The Morgan fingerprint density at radius 3 is 2.12 bits per heavy atom. The molecule has 3 heterocycles. The molecule has 0 atom stereocenters. The molecule has 9 nitrogen and oxygen atoms in total. The number of hydrogen-bond acceptors (Lipinski definition) is 8. The minimum atomic E-state index is 0.258. The number of piperazine rings is 1. The van der Waals surface area contributed by atoms with Crippen molar-refractivity contribution in [2.24, 2.45) is 7.05 Å². The van der Waals surface area contributed by atoms with Gasteiger partial charge in [0.15, 0.2) is 5.82 Å². The number of anilines is 4. The van der Waals surface area contributed by atoms with Crippen LogP contribution in [-0.2, 0) is 7.05 Å². The Labute approximate surface area is 154 Å². The average molecular weight is 359 g/mol. The zero-order valence-electron chi connectivity index (χ0n) is 16.6. The Morgan fingerprint density at radius 2 is 1.62 bits per heavy atom. The molecule has 0 unspecified atom stereocenters. The van der Waals surface area contributed by atoms with Gasteiger partial charge >= 0.3 is 0 Å². The van der Waals surface area contributed by atoms with E-state index in [2.05, 4.69) is 38.7 Å². The summed E-state index contributed by atoms with van der Waals surface area (Å²) in [5, 5.41) is 4.42. The third-order valence-electron chi connectivity index (χ3n) is 4.64. The summed E-state index contributed by atoms with van der Waals surface area (Å²) in [7, 11) is 5.85. The van der Waals surface area contributed by atoms with Crippen LogP contribution in [0.4, 0.5) is 23.4 Å².